The molecule has 97 heavy (non-hydrogen) atoms. The predicted molar refractivity (Wildman–Crippen MR) is 303 cm³/mol. The topological polar surface area (TPSA) is 332 Å². The third kappa shape index (κ3) is 35.4. The highest BCUT2D eigenvalue weighted by atomic mass is 32.2. The number of hydrogen-bond donors (Lipinski definition) is 10. The van der Waals surface area contributed by atoms with E-state index >= 15 is 0 Å². The van der Waals surface area contributed by atoms with Gasteiger partial charge in [-0.15, -0.1) is 19.7 Å². The van der Waals surface area contributed by atoms with E-state index in [1.807, 2.05) is 0 Å². The molecule has 42 heteroatoms. The number of aliphatic hydroxyl groups is 10. The minimum Gasteiger partial charge on any atom is -0.394 e. The molecule has 0 aromatic rings. The Bertz CT molecular complexity index is 2040. The van der Waals surface area contributed by atoms with Gasteiger partial charge in [-0.3, -0.25) is 0 Å². The molecule has 0 aliphatic carbocycles. The highest BCUT2D eigenvalue weighted by Gasteiger charge is 2.95. The Morgan fingerprint density at radius 3 is 0.804 bits per heavy atom. The van der Waals surface area contributed by atoms with Crippen molar-refractivity contribution in [3.8, 4) is 0 Å². The molecular weight excluding hydrogens is 1400 g/mol. The molecule has 0 spiro atoms. The summed E-state index contributed by atoms with van der Waals surface area (Å²) in [5.74, 6) is -60.1. The molecule has 578 valence electrons. The smallest absolute Gasteiger partial charge is 0.394 e. The Morgan fingerprint density at radius 2 is 0.515 bits per heavy atom. The molecule has 0 aliphatic rings. The van der Waals surface area contributed by atoms with Crippen LogP contribution in [-0.2, 0) is 66.3 Å². The molecule has 0 bridgehead atoms. The molecule has 0 amide bonds. The van der Waals surface area contributed by atoms with Crippen LogP contribution in [0, 0.1) is 0 Å². The number of alkyl halides is 17. The molecule has 12 unspecified atom stereocenters. The Labute approximate surface area is 551 Å². The third-order valence-electron chi connectivity index (χ3n) is 12.0. The first-order valence-electron chi connectivity index (χ1n) is 29.2. The van der Waals surface area contributed by atoms with Crippen molar-refractivity contribution in [2.24, 2.45) is 0 Å². The van der Waals surface area contributed by atoms with Crippen LogP contribution in [0.2, 0.25) is 0 Å². The first-order chi connectivity index (χ1) is 45.2. The van der Waals surface area contributed by atoms with E-state index < -0.39 is 231 Å². The van der Waals surface area contributed by atoms with Crippen molar-refractivity contribution < 1.29 is 192 Å². The zero-order valence-electron chi connectivity index (χ0n) is 52.3. The summed E-state index contributed by atoms with van der Waals surface area (Å²) in [7, 11) is 0. The van der Waals surface area contributed by atoms with Crippen LogP contribution < -0.4 is 0 Å². The second kappa shape index (κ2) is 48.4. The molecule has 0 rings (SSSR count). The molecular formula is C55H89F17O24S. The molecule has 0 aliphatic heterocycles. The van der Waals surface area contributed by atoms with Gasteiger partial charge in [-0.1, -0.05) is 18.2 Å². The Kier molecular flexibility index (Phi) is 47.1. The second-order valence-electron chi connectivity index (χ2n) is 21.2. The first-order valence-corrected chi connectivity index (χ1v) is 30.4. The Morgan fingerprint density at radius 1 is 0.289 bits per heavy atom. The van der Waals surface area contributed by atoms with Gasteiger partial charge in [0.1, 0.15) is 67.1 Å². The van der Waals surface area contributed by atoms with Gasteiger partial charge in [0.15, 0.2) is 0 Å². The first kappa shape index (κ1) is 94.4. The maximum absolute atomic E-state index is 14.9. The lowest BCUT2D eigenvalue weighted by atomic mass is 9.88. The molecule has 10 N–H and O–H groups in total. The van der Waals surface area contributed by atoms with Crippen molar-refractivity contribution in [2.45, 2.75) is 127 Å². The summed E-state index contributed by atoms with van der Waals surface area (Å²) in [5.41, 5.74) is 0. The Hall–Kier alpha value is -2.58. The maximum Gasteiger partial charge on any atom is 0.460 e. The van der Waals surface area contributed by atoms with E-state index in [-0.39, 0.29) is 91.0 Å². The monoisotopic (exact) mass is 1490 g/mol. The van der Waals surface area contributed by atoms with Crippen LogP contribution in [0.15, 0.2) is 38.0 Å². The molecule has 12 atom stereocenters. The highest BCUT2D eigenvalue weighted by molar-refractivity contribution is 7.99. The highest BCUT2D eigenvalue weighted by Crippen LogP contribution is 2.64. The van der Waals surface area contributed by atoms with Crippen LogP contribution in [0.1, 0.15) is 6.42 Å². The Balaban J connectivity index is 6.63. The standard InChI is InChI=1S/C55H89F17O24S/c1-4-8-83-14-37(75)17-87-20-40(78)21-88-22-41(79)23-91-30-45(94-27-42(80)24-86-13-36(74)12-73)31-92-32-46(95-28-43(81)25-89-18-38(76)15-84-9-5-2)33-93-34-47(96-29-44(82)26-90-19-39(77)16-85-10-6-3)35-97-11-7-48(56,57)49(58,59)50(60,61)51(62,63)52(64,65)53(66,67)54(68,69)55(70,71)72/h4-6,36-47,73-82H,1-3,7-35H2. The van der Waals surface area contributed by atoms with E-state index in [0.717, 1.165) is 0 Å². The fraction of sp³-hybridized carbons (Fsp3) is 0.891. The van der Waals surface area contributed by atoms with E-state index in [2.05, 4.69) is 19.7 Å². The van der Waals surface area contributed by atoms with Crippen LogP contribution in [0.5, 0.6) is 0 Å². The maximum atomic E-state index is 14.9. The van der Waals surface area contributed by atoms with Crippen LogP contribution in [0.25, 0.3) is 0 Å². The molecule has 24 nitrogen and oxygen atoms in total. The van der Waals surface area contributed by atoms with Gasteiger partial charge in [-0.2, -0.15) is 86.4 Å². The number of rotatable bonds is 65. The van der Waals surface area contributed by atoms with Gasteiger partial charge in [0.2, 0.25) is 0 Å². The van der Waals surface area contributed by atoms with Crippen LogP contribution in [-0.4, -0.2) is 355 Å². The summed E-state index contributed by atoms with van der Waals surface area (Å²) < 4.78 is 312. The van der Waals surface area contributed by atoms with E-state index in [4.69, 9.17) is 71.4 Å². The molecule has 0 heterocycles. The molecule has 0 fully saturated rings. The van der Waals surface area contributed by atoms with Crippen molar-refractivity contribution in [1.82, 2.24) is 0 Å². The van der Waals surface area contributed by atoms with Gasteiger partial charge in [0, 0.05) is 12.2 Å². The SMILES string of the molecule is C=CCOCC(O)COCC(O)COCC(O)COCC(COCC(COCC(CSCCC(F)(F)C(F)(F)C(F)(F)C(F)(F)C(F)(F)C(F)(F)C(F)(F)C(F)(F)F)OCC(O)COCC(O)COCC=C)OCC(O)COCC(O)COCC=C)OCC(O)COCC(O)CO. The van der Waals surface area contributed by atoms with Crippen molar-refractivity contribution >= 4 is 11.8 Å². The minimum atomic E-state index is -8.81. The molecule has 0 radical (unpaired) electrons. The summed E-state index contributed by atoms with van der Waals surface area (Å²) in [6, 6.07) is 0. The largest absolute Gasteiger partial charge is 0.460 e. The lowest BCUT2D eigenvalue weighted by Crippen LogP contribution is -2.74. The average molecular weight is 1490 g/mol. The molecule has 0 aromatic heterocycles. The van der Waals surface area contributed by atoms with E-state index in [9.17, 15) is 121 Å². The quantitative estimate of drug-likeness (QED) is 0.0237. The number of ether oxygens (including phenoxy) is 14. The summed E-state index contributed by atoms with van der Waals surface area (Å²) in [6.07, 6.45) is -22.2. The van der Waals surface area contributed by atoms with E-state index in [1.54, 1.807) is 0 Å². The third-order valence-corrected chi connectivity index (χ3v) is 13.1. The predicted octanol–water partition coefficient (Wildman–Crippen LogP) is 2.26. The van der Waals surface area contributed by atoms with Crippen LogP contribution in [0.4, 0.5) is 74.6 Å². The van der Waals surface area contributed by atoms with Crippen LogP contribution >= 0.6 is 11.8 Å². The van der Waals surface area contributed by atoms with E-state index in [1.165, 1.54) is 18.2 Å². The van der Waals surface area contributed by atoms with Crippen molar-refractivity contribution in [3.63, 3.8) is 0 Å². The normalized spacial score (nSPS) is 17.2. The second-order valence-corrected chi connectivity index (χ2v) is 22.3. The van der Waals surface area contributed by atoms with Crippen molar-refractivity contribution in [1.29, 1.82) is 0 Å². The zero-order chi connectivity index (χ0) is 74.2. The van der Waals surface area contributed by atoms with E-state index in [0.29, 0.717) is 0 Å². The summed E-state index contributed by atoms with van der Waals surface area (Å²) in [6.45, 7) is 0.349. The van der Waals surface area contributed by atoms with Crippen LogP contribution in [0.3, 0.4) is 0 Å². The molecule has 0 saturated carbocycles. The van der Waals surface area contributed by atoms with Gasteiger partial charge in [-0.25, -0.2) is 0 Å². The van der Waals surface area contributed by atoms with Gasteiger partial charge in [0.05, 0.1) is 178 Å². The molecule has 0 saturated heterocycles. The van der Waals surface area contributed by atoms with Gasteiger partial charge >= 0.3 is 47.6 Å². The summed E-state index contributed by atoms with van der Waals surface area (Å²) in [5, 5.41) is 101. The van der Waals surface area contributed by atoms with Gasteiger partial charge in [-0.05, 0) is 5.75 Å². The number of halogens is 17. The fourth-order valence-corrected chi connectivity index (χ4v) is 7.96. The summed E-state index contributed by atoms with van der Waals surface area (Å²) >= 11 is -0.00752. The molecule has 0 aromatic carbocycles. The van der Waals surface area contributed by atoms with Gasteiger partial charge < -0.3 is 117 Å². The number of aliphatic hydroxyl groups excluding tert-OH is 10. The zero-order valence-corrected chi connectivity index (χ0v) is 53.1. The lowest BCUT2D eigenvalue weighted by Gasteiger charge is -2.42. The van der Waals surface area contributed by atoms with Gasteiger partial charge in [0.25, 0.3) is 0 Å². The summed E-state index contributed by atoms with van der Waals surface area (Å²) in [4.78, 5) is 0. The van der Waals surface area contributed by atoms with Crippen molar-refractivity contribution in [2.75, 3.05) is 183 Å². The lowest BCUT2D eigenvalue weighted by molar-refractivity contribution is -0.461. The minimum absolute atomic E-state index is 0.00752. The number of thioether (sulfide) groups is 1. The van der Waals surface area contributed by atoms with Crippen molar-refractivity contribution in [3.05, 3.63) is 38.0 Å². The fourth-order valence-electron chi connectivity index (χ4n) is 6.94. The number of hydrogen-bond acceptors (Lipinski definition) is 25. The average Bonchev–Trinajstić information content (AvgIpc) is 0.698.